The van der Waals surface area contributed by atoms with Crippen molar-refractivity contribution in [3.63, 3.8) is 0 Å². The van der Waals surface area contributed by atoms with Crippen LogP contribution in [0.2, 0.25) is 0 Å². The van der Waals surface area contributed by atoms with E-state index in [9.17, 15) is 0 Å². The number of rotatable bonds is 1. The molecule has 0 bridgehead atoms. The van der Waals surface area contributed by atoms with Crippen LogP contribution < -0.4 is 5.32 Å². The molecule has 1 aliphatic heterocycles. The number of nitrogens with one attached hydrogen (secondary N) is 1. The third-order valence-corrected chi connectivity index (χ3v) is 7.34. The Balaban J connectivity index is 1.40. The first-order chi connectivity index (χ1) is 17.3. The summed E-state index contributed by atoms with van der Waals surface area (Å²) in [5.41, 5.74) is 9.20. The molecule has 3 nitrogen and oxygen atoms in total. The second-order valence-corrected chi connectivity index (χ2v) is 9.29. The summed E-state index contributed by atoms with van der Waals surface area (Å²) < 4.78 is 2.31. The van der Waals surface area contributed by atoms with Gasteiger partial charge < -0.3 is 5.32 Å². The van der Waals surface area contributed by atoms with Gasteiger partial charge in [-0.05, 0) is 51.7 Å². The number of hydrogen-bond acceptors (Lipinski definition) is 2. The number of aromatic nitrogens is 2. The predicted molar refractivity (Wildman–Crippen MR) is 148 cm³/mol. The van der Waals surface area contributed by atoms with Gasteiger partial charge in [-0.15, -0.1) is 0 Å². The molecule has 5 aromatic carbocycles. The van der Waals surface area contributed by atoms with E-state index in [2.05, 4.69) is 119 Å². The Kier molecular flexibility index (Phi) is 3.72. The Hall–Kier alpha value is -4.63. The van der Waals surface area contributed by atoms with Crippen molar-refractivity contribution in [1.82, 2.24) is 9.38 Å². The molecular formula is C32H21N3. The van der Waals surface area contributed by atoms with Gasteiger partial charge in [-0.25, -0.2) is 4.98 Å². The Labute approximate surface area is 202 Å². The van der Waals surface area contributed by atoms with Gasteiger partial charge >= 0.3 is 0 Å². The van der Waals surface area contributed by atoms with Crippen LogP contribution in [0.15, 0.2) is 103 Å². The summed E-state index contributed by atoms with van der Waals surface area (Å²) in [7, 11) is 0. The lowest BCUT2D eigenvalue weighted by molar-refractivity contribution is 1.31. The van der Waals surface area contributed by atoms with Gasteiger partial charge in [0.05, 0.1) is 16.6 Å². The third-order valence-electron chi connectivity index (χ3n) is 7.34. The molecule has 3 heterocycles. The van der Waals surface area contributed by atoms with E-state index >= 15 is 0 Å². The van der Waals surface area contributed by atoms with E-state index in [-0.39, 0.29) is 0 Å². The fourth-order valence-corrected chi connectivity index (χ4v) is 5.69. The number of para-hydroxylation sites is 1. The number of imidazole rings is 1. The van der Waals surface area contributed by atoms with Crippen LogP contribution in [0.1, 0.15) is 5.56 Å². The Bertz CT molecular complexity index is 2010. The minimum absolute atomic E-state index is 0.867. The molecular weight excluding hydrogens is 426 g/mol. The van der Waals surface area contributed by atoms with Gasteiger partial charge in [0.2, 0.25) is 0 Å². The first-order valence-corrected chi connectivity index (χ1v) is 12.0. The summed E-state index contributed by atoms with van der Waals surface area (Å²) in [5.74, 6) is 0. The van der Waals surface area contributed by atoms with Crippen molar-refractivity contribution in [2.45, 2.75) is 0 Å². The molecule has 0 saturated carbocycles. The summed E-state index contributed by atoms with van der Waals surface area (Å²) in [4.78, 5) is 5.15. The van der Waals surface area contributed by atoms with Gasteiger partial charge in [-0.3, -0.25) is 4.40 Å². The molecule has 0 saturated heterocycles. The van der Waals surface area contributed by atoms with E-state index in [4.69, 9.17) is 4.98 Å². The predicted octanol–water partition coefficient (Wildman–Crippen LogP) is 8.05. The highest BCUT2D eigenvalue weighted by Crippen LogP contribution is 2.36. The zero-order valence-electron chi connectivity index (χ0n) is 19.0. The maximum atomic E-state index is 5.15. The third kappa shape index (κ3) is 2.64. The summed E-state index contributed by atoms with van der Waals surface area (Å²) >= 11 is 0. The molecule has 0 atom stereocenters. The first-order valence-electron chi connectivity index (χ1n) is 12.0. The number of pyridine rings is 1. The first kappa shape index (κ1) is 18.8. The lowest BCUT2D eigenvalue weighted by Gasteiger charge is -2.16. The number of fused-ring (bicyclic) bond motifs is 11. The van der Waals surface area contributed by atoms with Crippen LogP contribution in [-0.2, 0) is 0 Å². The molecule has 2 aromatic heterocycles. The van der Waals surface area contributed by atoms with Crippen LogP contribution in [0.3, 0.4) is 0 Å². The Morgan fingerprint density at radius 1 is 0.657 bits per heavy atom. The molecule has 7 aromatic rings. The maximum Gasteiger partial charge on any atom is 0.146 e. The van der Waals surface area contributed by atoms with Crippen molar-refractivity contribution in [3.05, 3.63) is 109 Å². The van der Waals surface area contributed by atoms with E-state index in [1.54, 1.807) is 0 Å². The van der Waals surface area contributed by atoms with Crippen molar-refractivity contribution in [3.8, 4) is 11.1 Å². The smallest absolute Gasteiger partial charge is 0.146 e. The van der Waals surface area contributed by atoms with Crippen LogP contribution in [0.4, 0.5) is 5.69 Å². The van der Waals surface area contributed by atoms with Crippen molar-refractivity contribution in [2.24, 2.45) is 0 Å². The zero-order valence-corrected chi connectivity index (χ0v) is 19.0. The topological polar surface area (TPSA) is 29.3 Å². The SMILES string of the molecule is C1=Cc2ccc3ccc(-c4ccc5c(c4)nc4c6ccccc6c6ccccc6n54)cc3c2NC1. The molecule has 1 aliphatic rings. The van der Waals surface area contributed by atoms with Crippen molar-refractivity contribution >= 4 is 60.9 Å². The number of benzene rings is 5. The van der Waals surface area contributed by atoms with Crippen molar-refractivity contribution in [2.75, 3.05) is 11.9 Å². The fourth-order valence-electron chi connectivity index (χ4n) is 5.69. The van der Waals surface area contributed by atoms with Gasteiger partial charge in [0.1, 0.15) is 5.65 Å². The highest BCUT2D eigenvalue weighted by Gasteiger charge is 2.15. The summed E-state index contributed by atoms with van der Waals surface area (Å²) in [6, 6.07) is 35.0. The summed E-state index contributed by atoms with van der Waals surface area (Å²) in [6.45, 7) is 0.867. The molecule has 35 heavy (non-hydrogen) atoms. The fraction of sp³-hybridized carbons (Fsp3) is 0.0312. The van der Waals surface area contributed by atoms with Crippen LogP contribution >= 0.6 is 0 Å². The second-order valence-electron chi connectivity index (χ2n) is 9.29. The van der Waals surface area contributed by atoms with Gasteiger partial charge in [-0.2, -0.15) is 0 Å². The lowest BCUT2D eigenvalue weighted by atomic mass is 9.97. The molecule has 0 radical (unpaired) electrons. The molecule has 3 heteroatoms. The van der Waals surface area contributed by atoms with E-state index in [0.717, 1.165) is 23.2 Å². The Morgan fingerprint density at radius 2 is 1.43 bits per heavy atom. The quantitative estimate of drug-likeness (QED) is 0.258. The monoisotopic (exact) mass is 447 g/mol. The molecule has 0 fully saturated rings. The zero-order chi connectivity index (χ0) is 22.9. The summed E-state index contributed by atoms with van der Waals surface area (Å²) in [6.07, 6.45) is 4.37. The van der Waals surface area contributed by atoms with E-state index < -0.39 is 0 Å². The van der Waals surface area contributed by atoms with E-state index in [0.29, 0.717) is 0 Å². The standard InChI is InChI=1S/C32H21N3/c1-2-9-26-24(7-1)25-8-3-4-10-29(25)35-30-16-15-23(19-28(30)34-32(26)35)22-14-12-20-11-13-21-6-5-17-33-31(21)27(20)18-22/h1-16,18-19,33H,17H2. The highest BCUT2D eigenvalue weighted by atomic mass is 15.0. The largest absolute Gasteiger partial charge is 0.381 e. The minimum atomic E-state index is 0.867. The van der Waals surface area contributed by atoms with E-state index in [1.807, 2.05) is 0 Å². The average Bonchev–Trinajstić information content (AvgIpc) is 3.32. The second kappa shape index (κ2) is 6.94. The summed E-state index contributed by atoms with van der Waals surface area (Å²) in [5, 5.41) is 9.75. The van der Waals surface area contributed by atoms with Gasteiger partial charge in [0, 0.05) is 28.4 Å². The molecule has 8 rings (SSSR count). The molecule has 1 N–H and O–H groups in total. The molecule has 0 aliphatic carbocycles. The normalized spacial score (nSPS) is 13.1. The van der Waals surface area contributed by atoms with Crippen LogP contribution in [0.5, 0.6) is 0 Å². The van der Waals surface area contributed by atoms with Gasteiger partial charge in [0.25, 0.3) is 0 Å². The minimum Gasteiger partial charge on any atom is -0.381 e. The number of hydrogen-bond donors (Lipinski definition) is 1. The molecule has 0 unspecified atom stereocenters. The Morgan fingerprint density at radius 3 is 2.37 bits per heavy atom. The van der Waals surface area contributed by atoms with Crippen molar-refractivity contribution in [1.29, 1.82) is 0 Å². The number of anilines is 1. The van der Waals surface area contributed by atoms with Crippen LogP contribution in [-0.4, -0.2) is 15.9 Å². The lowest BCUT2D eigenvalue weighted by Crippen LogP contribution is -2.04. The molecule has 164 valence electrons. The van der Waals surface area contributed by atoms with Gasteiger partial charge in [-0.1, -0.05) is 84.9 Å². The van der Waals surface area contributed by atoms with E-state index in [1.165, 1.54) is 54.8 Å². The van der Waals surface area contributed by atoms with Crippen LogP contribution in [0.25, 0.3) is 66.3 Å². The van der Waals surface area contributed by atoms with Gasteiger partial charge in [0.15, 0.2) is 0 Å². The average molecular weight is 448 g/mol. The highest BCUT2D eigenvalue weighted by molar-refractivity contribution is 6.14. The van der Waals surface area contributed by atoms with Crippen molar-refractivity contribution < 1.29 is 0 Å². The maximum absolute atomic E-state index is 5.15. The molecule has 0 amide bonds. The number of nitrogens with zero attached hydrogens (tertiary/aromatic N) is 2. The van der Waals surface area contributed by atoms with Crippen LogP contribution in [0, 0.1) is 0 Å². The molecule has 0 spiro atoms.